The fourth-order valence-electron chi connectivity index (χ4n) is 4.35. The highest BCUT2D eigenvalue weighted by atomic mass is 16.5. The summed E-state index contributed by atoms with van der Waals surface area (Å²) < 4.78 is 5.31. The third kappa shape index (κ3) is 3.61. The van der Waals surface area contributed by atoms with E-state index in [1.54, 1.807) is 19.2 Å². The van der Waals surface area contributed by atoms with Gasteiger partial charge in [0.05, 0.1) is 12.7 Å². The smallest absolute Gasteiger partial charge is 0.257 e. The van der Waals surface area contributed by atoms with Crippen molar-refractivity contribution in [3.8, 4) is 5.75 Å². The Balaban J connectivity index is 1.34. The van der Waals surface area contributed by atoms with Crippen LogP contribution < -0.4 is 4.74 Å². The number of rotatable bonds is 4. The number of amides is 2. The molecule has 2 aromatic carbocycles. The lowest BCUT2D eigenvalue weighted by atomic mass is 9.97. The molecule has 1 aliphatic heterocycles. The van der Waals surface area contributed by atoms with Crippen molar-refractivity contribution in [1.82, 2.24) is 9.80 Å². The Morgan fingerprint density at radius 1 is 0.964 bits per heavy atom. The van der Waals surface area contributed by atoms with E-state index >= 15 is 0 Å². The second-order valence-corrected chi connectivity index (χ2v) is 7.51. The molecule has 4 rings (SSSR count). The summed E-state index contributed by atoms with van der Waals surface area (Å²) in [6.07, 6.45) is 2.68. The maximum absolute atomic E-state index is 12.8. The van der Waals surface area contributed by atoms with E-state index in [9.17, 15) is 9.59 Å². The van der Waals surface area contributed by atoms with Gasteiger partial charge in [-0.05, 0) is 42.0 Å². The fourth-order valence-corrected chi connectivity index (χ4v) is 4.35. The molecule has 0 aromatic heterocycles. The number of hydrogen-bond acceptors (Lipinski definition) is 3. The molecule has 0 saturated carbocycles. The summed E-state index contributed by atoms with van der Waals surface area (Å²) >= 11 is 0. The van der Waals surface area contributed by atoms with Crippen molar-refractivity contribution in [1.29, 1.82) is 0 Å². The van der Waals surface area contributed by atoms with E-state index in [-0.39, 0.29) is 11.8 Å². The summed E-state index contributed by atoms with van der Waals surface area (Å²) in [6, 6.07) is 15.7. The molecule has 28 heavy (non-hydrogen) atoms. The van der Waals surface area contributed by atoms with Crippen molar-refractivity contribution in [2.24, 2.45) is 0 Å². The minimum absolute atomic E-state index is 0.0331. The van der Waals surface area contributed by atoms with Crippen molar-refractivity contribution in [3.63, 3.8) is 0 Å². The van der Waals surface area contributed by atoms with E-state index in [2.05, 4.69) is 24.3 Å². The molecule has 5 heteroatoms. The van der Waals surface area contributed by atoms with Gasteiger partial charge in [-0.3, -0.25) is 9.59 Å². The number of nitrogens with zero attached hydrogens (tertiary/aromatic N) is 2. The molecule has 2 amide bonds. The lowest BCUT2D eigenvalue weighted by Crippen LogP contribution is -2.50. The van der Waals surface area contributed by atoms with Crippen LogP contribution in [0.2, 0.25) is 0 Å². The van der Waals surface area contributed by atoms with E-state index in [0.717, 1.165) is 12.8 Å². The van der Waals surface area contributed by atoms with Crippen LogP contribution in [0.1, 0.15) is 40.2 Å². The van der Waals surface area contributed by atoms with Crippen LogP contribution in [0.25, 0.3) is 0 Å². The Labute approximate surface area is 165 Å². The molecule has 1 fully saturated rings. The van der Waals surface area contributed by atoms with Crippen LogP contribution >= 0.6 is 0 Å². The topological polar surface area (TPSA) is 49.9 Å². The normalized spacial score (nSPS) is 18.7. The zero-order chi connectivity index (χ0) is 19.5. The van der Waals surface area contributed by atoms with Crippen molar-refractivity contribution >= 4 is 11.8 Å². The molecule has 0 unspecified atom stereocenters. The minimum Gasteiger partial charge on any atom is -0.496 e. The van der Waals surface area contributed by atoms with Crippen LogP contribution in [0.4, 0.5) is 0 Å². The van der Waals surface area contributed by atoms with E-state index in [4.69, 9.17) is 4.74 Å². The summed E-state index contributed by atoms with van der Waals surface area (Å²) in [5.41, 5.74) is 3.29. The van der Waals surface area contributed by atoms with E-state index in [1.165, 1.54) is 11.1 Å². The molecule has 0 bridgehead atoms. The summed E-state index contributed by atoms with van der Waals surface area (Å²) in [6.45, 7) is 2.30. The van der Waals surface area contributed by atoms with Gasteiger partial charge in [0.1, 0.15) is 5.75 Å². The monoisotopic (exact) mass is 378 g/mol. The Kier molecular flexibility index (Phi) is 5.33. The highest BCUT2D eigenvalue weighted by molar-refractivity contribution is 5.97. The number of methoxy groups -OCH3 is 1. The van der Waals surface area contributed by atoms with Gasteiger partial charge in [0, 0.05) is 32.6 Å². The summed E-state index contributed by atoms with van der Waals surface area (Å²) in [7, 11) is 1.57. The maximum Gasteiger partial charge on any atom is 0.257 e. The molecule has 146 valence electrons. The molecule has 2 aromatic rings. The Morgan fingerprint density at radius 3 is 2.43 bits per heavy atom. The largest absolute Gasteiger partial charge is 0.496 e. The number of piperazine rings is 1. The van der Waals surface area contributed by atoms with Gasteiger partial charge in [0.2, 0.25) is 5.91 Å². The Hall–Kier alpha value is -2.82. The second-order valence-electron chi connectivity index (χ2n) is 7.51. The summed E-state index contributed by atoms with van der Waals surface area (Å²) in [5, 5.41) is 0. The highest BCUT2D eigenvalue weighted by Crippen LogP contribution is 2.35. The highest BCUT2D eigenvalue weighted by Gasteiger charge is 2.29. The number of para-hydroxylation sites is 1. The van der Waals surface area contributed by atoms with Gasteiger partial charge in [-0.25, -0.2) is 0 Å². The van der Waals surface area contributed by atoms with E-state index < -0.39 is 0 Å². The number of fused-ring (bicyclic) bond motifs is 1. The van der Waals surface area contributed by atoms with Crippen LogP contribution in [0.3, 0.4) is 0 Å². The minimum atomic E-state index is -0.0331. The first-order valence-electron chi connectivity index (χ1n) is 9.95. The fraction of sp³-hybridized carbons (Fsp3) is 0.391. The van der Waals surface area contributed by atoms with Gasteiger partial charge in [-0.15, -0.1) is 0 Å². The van der Waals surface area contributed by atoms with E-state index in [1.807, 2.05) is 21.9 Å². The zero-order valence-corrected chi connectivity index (χ0v) is 16.3. The molecule has 1 saturated heterocycles. The number of hydrogen-bond donors (Lipinski definition) is 0. The SMILES string of the molecule is COc1ccccc1C(=O)N1CCN(C(=O)C[C@@H]2CCc3ccccc32)CC1. The maximum atomic E-state index is 12.8. The Bertz CT molecular complexity index is 872. The predicted octanol–water partition coefficient (Wildman–Crippen LogP) is 3.10. The number of carbonyl (C=O) groups is 2. The average Bonchev–Trinajstić information content (AvgIpc) is 3.16. The summed E-state index contributed by atoms with van der Waals surface area (Å²) in [5.74, 6) is 1.09. The van der Waals surface area contributed by atoms with Crippen molar-refractivity contribution in [2.45, 2.75) is 25.2 Å². The van der Waals surface area contributed by atoms with Crippen LogP contribution in [0, 0.1) is 0 Å². The van der Waals surface area contributed by atoms with Crippen LogP contribution in [-0.4, -0.2) is 54.9 Å². The molecule has 0 spiro atoms. The van der Waals surface area contributed by atoms with E-state index in [0.29, 0.717) is 49.8 Å². The Morgan fingerprint density at radius 2 is 1.64 bits per heavy atom. The number of aryl methyl sites for hydroxylation is 1. The molecular formula is C23H26N2O3. The first-order valence-corrected chi connectivity index (χ1v) is 9.95. The zero-order valence-electron chi connectivity index (χ0n) is 16.3. The van der Waals surface area contributed by atoms with Gasteiger partial charge in [0.25, 0.3) is 5.91 Å². The van der Waals surface area contributed by atoms with Gasteiger partial charge in [0.15, 0.2) is 0 Å². The molecule has 0 radical (unpaired) electrons. The lowest BCUT2D eigenvalue weighted by Gasteiger charge is -2.35. The lowest BCUT2D eigenvalue weighted by molar-refractivity contribution is -0.133. The molecule has 2 aliphatic rings. The van der Waals surface area contributed by atoms with Gasteiger partial charge in [-0.1, -0.05) is 36.4 Å². The van der Waals surface area contributed by atoms with Crippen molar-refractivity contribution < 1.29 is 14.3 Å². The first-order chi connectivity index (χ1) is 13.7. The molecule has 0 N–H and O–H groups in total. The van der Waals surface area contributed by atoms with Crippen LogP contribution in [0.5, 0.6) is 5.75 Å². The second kappa shape index (κ2) is 8.05. The van der Waals surface area contributed by atoms with Gasteiger partial charge in [-0.2, -0.15) is 0 Å². The van der Waals surface area contributed by atoms with Crippen molar-refractivity contribution in [3.05, 3.63) is 65.2 Å². The predicted molar refractivity (Wildman–Crippen MR) is 108 cm³/mol. The number of carbonyl (C=O) groups excluding carboxylic acids is 2. The molecule has 5 nitrogen and oxygen atoms in total. The summed E-state index contributed by atoms with van der Waals surface area (Å²) in [4.78, 5) is 29.3. The quantitative estimate of drug-likeness (QED) is 0.821. The van der Waals surface area contributed by atoms with Crippen LogP contribution in [-0.2, 0) is 11.2 Å². The van der Waals surface area contributed by atoms with Crippen molar-refractivity contribution in [2.75, 3.05) is 33.3 Å². The molecular weight excluding hydrogens is 352 g/mol. The average molecular weight is 378 g/mol. The standard InChI is InChI=1S/C23H26N2O3/c1-28-21-9-5-4-8-20(21)23(27)25-14-12-24(13-15-25)22(26)16-18-11-10-17-6-2-3-7-19(17)18/h2-9,18H,10-16H2,1H3/t18-/m0/s1. The molecule has 1 aliphatic carbocycles. The third-order valence-corrected chi connectivity index (χ3v) is 5.94. The molecule has 1 heterocycles. The number of ether oxygens (including phenoxy) is 1. The van der Waals surface area contributed by atoms with Gasteiger partial charge < -0.3 is 14.5 Å². The van der Waals surface area contributed by atoms with Crippen LogP contribution in [0.15, 0.2) is 48.5 Å². The first kappa shape index (κ1) is 18.5. The molecule has 1 atom stereocenters. The number of benzene rings is 2. The van der Waals surface area contributed by atoms with Gasteiger partial charge >= 0.3 is 0 Å². The third-order valence-electron chi connectivity index (χ3n) is 5.94.